The molecule has 1 aliphatic rings. The maximum atomic E-state index is 3.74. The molecule has 0 unspecified atom stereocenters. The molecule has 2 nitrogen and oxygen atoms in total. The number of rotatable bonds is 6. The standard InChI is InChI=1S/C17H30N2S/c1-16(2,3)18-13-17(9-5-6-10-17)14-19(4)12-15-8-7-11-20-15/h7-8,11,18H,5-6,9-10,12-14H2,1-4H3. The van der Waals surface area contributed by atoms with Crippen LogP contribution >= 0.6 is 11.3 Å². The van der Waals surface area contributed by atoms with Crippen molar-refractivity contribution in [2.45, 2.75) is 58.5 Å². The summed E-state index contributed by atoms with van der Waals surface area (Å²) < 4.78 is 0. The van der Waals surface area contributed by atoms with Gasteiger partial charge in [0.1, 0.15) is 0 Å². The van der Waals surface area contributed by atoms with Crippen LogP contribution in [0.2, 0.25) is 0 Å². The first-order valence-electron chi connectivity index (χ1n) is 7.85. The Hall–Kier alpha value is -0.380. The molecule has 1 heterocycles. The summed E-state index contributed by atoms with van der Waals surface area (Å²) in [5, 5.41) is 5.92. The molecule has 0 spiro atoms. The summed E-state index contributed by atoms with van der Waals surface area (Å²) in [5.41, 5.74) is 0.710. The number of nitrogens with zero attached hydrogens (tertiary/aromatic N) is 1. The average molecular weight is 295 g/mol. The minimum Gasteiger partial charge on any atom is -0.311 e. The summed E-state index contributed by atoms with van der Waals surface area (Å²) in [7, 11) is 2.27. The second-order valence-electron chi connectivity index (χ2n) is 7.56. The van der Waals surface area contributed by atoms with Crippen LogP contribution < -0.4 is 5.32 Å². The Labute approximate surface area is 128 Å². The highest BCUT2D eigenvalue weighted by molar-refractivity contribution is 7.09. The Kier molecular flexibility index (Phi) is 5.27. The van der Waals surface area contributed by atoms with Crippen LogP contribution in [0.1, 0.15) is 51.3 Å². The van der Waals surface area contributed by atoms with Crippen LogP contribution in [0.3, 0.4) is 0 Å². The lowest BCUT2D eigenvalue weighted by Gasteiger charge is -2.36. The van der Waals surface area contributed by atoms with E-state index in [0.717, 1.165) is 13.1 Å². The van der Waals surface area contributed by atoms with E-state index in [4.69, 9.17) is 0 Å². The monoisotopic (exact) mass is 294 g/mol. The fourth-order valence-corrected chi connectivity index (χ4v) is 4.05. The maximum absolute atomic E-state index is 3.74. The second kappa shape index (κ2) is 6.59. The number of thiophene rings is 1. The zero-order valence-electron chi connectivity index (χ0n) is 13.5. The van der Waals surface area contributed by atoms with Crippen molar-refractivity contribution < 1.29 is 0 Å². The molecule has 1 saturated carbocycles. The fraction of sp³-hybridized carbons (Fsp3) is 0.765. The highest BCUT2D eigenvalue weighted by Gasteiger charge is 2.35. The molecule has 1 fully saturated rings. The molecule has 20 heavy (non-hydrogen) atoms. The van der Waals surface area contributed by atoms with Gasteiger partial charge in [-0.1, -0.05) is 18.9 Å². The lowest BCUT2D eigenvalue weighted by atomic mass is 9.84. The van der Waals surface area contributed by atoms with Crippen molar-refractivity contribution >= 4 is 11.3 Å². The first kappa shape index (κ1) is 16.0. The SMILES string of the molecule is CN(Cc1cccs1)CC1(CNC(C)(C)C)CCCC1. The van der Waals surface area contributed by atoms with Crippen LogP contribution in [0.5, 0.6) is 0 Å². The van der Waals surface area contributed by atoms with Crippen molar-refractivity contribution in [1.82, 2.24) is 10.2 Å². The molecule has 3 heteroatoms. The van der Waals surface area contributed by atoms with Crippen molar-refractivity contribution in [2.75, 3.05) is 20.1 Å². The lowest BCUT2D eigenvalue weighted by molar-refractivity contribution is 0.157. The molecule has 2 rings (SSSR count). The Morgan fingerprint density at radius 1 is 1.30 bits per heavy atom. The number of hydrogen-bond donors (Lipinski definition) is 1. The largest absolute Gasteiger partial charge is 0.311 e. The maximum Gasteiger partial charge on any atom is 0.0325 e. The van der Waals surface area contributed by atoms with Crippen molar-refractivity contribution in [1.29, 1.82) is 0 Å². The summed E-state index contributed by atoms with van der Waals surface area (Å²) in [6.45, 7) is 10.3. The summed E-state index contributed by atoms with van der Waals surface area (Å²) in [6, 6.07) is 4.40. The minimum absolute atomic E-state index is 0.224. The van der Waals surface area contributed by atoms with Gasteiger partial charge in [0.05, 0.1) is 0 Å². The molecule has 1 aromatic rings. The van der Waals surface area contributed by atoms with Crippen LogP contribution in [-0.4, -0.2) is 30.6 Å². The first-order valence-corrected chi connectivity index (χ1v) is 8.73. The van der Waals surface area contributed by atoms with E-state index in [1.54, 1.807) is 0 Å². The van der Waals surface area contributed by atoms with Crippen LogP contribution in [0, 0.1) is 5.41 Å². The third kappa shape index (κ3) is 4.87. The predicted octanol–water partition coefficient (Wildman–Crippen LogP) is 4.13. The van der Waals surface area contributed by atoms with Crippen LogP contribution in [0.25, 0.3) is 0 Å². The van der Waals surface area contributed by atoms with Crippen molar-refractivity contribution in [3.05, 3.63) is 22.4 Å². The summed E-state index contributed by atoms with van der Waals surface area (Å²) in [6.07, 6.45) is 5.56. The molecule has 0 radical (unpaired) electrons. The molecule has 1 aromatic heterocycles. The Morgan fingerprint density at radius 2 is 2.00 bits per heavy atom. The molecule has 0 aromatic carbocycles. The van der Waals surface area contributed by atoms with E-state index in [0.29, 0.717) is 5.41 Å². The smallest absolute Gasteiger partial charge is 0.0325 e. The zero-order valence-corrected chi connectivity index (χ0v) is 14.4. The quantitative estimate of drug-likeness (QED) is 0.848. The fourth-order valence-electron chi connectivity index (χ4n) is 3.27. The molecular formula is C17H30N2S. The molecule has 1 aliphatic carbocycles. The van der Waals surface area contributed by atoms with E-state index < -0.39 is 0 Å². The first-order chi connectivity index (χ1) is 9.39. The average Bonchev–Trinajstić information content (AvgIpc) is 2.98. The summed E-state index contributed by atoms with van der Waals surface area (Å²) >= 11 is 1.87. The van der Waals surface area contributed by atoms with E-state index >= 15 is 0 Å². The molecule has 0 bridgehead atoms. The summed E-state index contributed by atoms with van der Waals surface area (Å²) in [5.74, 6) is 0. The van der Waals surface area contributed by atoms with Gasteiger partial charge in [0, 0.05) is 30.1 Å². The number of nitrogens with one attached hydrogen (secondary N) is 1. The molecule has 0 saturated heterocycles. The highest BCUT2D eigenvalue weighted by atomic mass is 32.1. The molecule has 0 atom stereocenters. The van der Waals surface area contributed by atoms with Crippen LogP contribution in [0.15, 0.2) is 17.5 Å². The second-order valence-corrected chi connectivity index (χ2v) is 8.59. The molecule has 0 aliphatic heterocycles. The predicted molar refractivity (Wildman–Crippen MR) is 89.3 cm³/mol. The normalized spacial score (nSPS) is 18.9. The van der Waals surface area contributed by atoms with Gasteiger partial charge in [-0.3, -0.25) is 0 Å². The van der Waals surface area contributed by atoms with Gasteiger partial charge in [0.15, 0.2) is 0 Å². The van der Waals surface area contributed by atoms with Gasteiger partial charge in [-0.05, 0) is 57.5 Å². The van der Waals surface area contributed by atoms with Crippen molar-refractivity contribution in [3.8, 4) is 0 Å². The Bertz CT molecular complexity index is 386. The molecular weight excluding hydrogens is 264 g/mol. The van der Waals surface area contributed by atoms with E-state index in [-0.39, 0.29) is 5.54 Å². The van der Waals surface area contributed by atoms with E-state index in [1.165, 1.54) is 37.1 Å². The Morgan fingerprint density at radius 3 is 2.55 bits per heavy atom. The highest BCUT2D eigenvalue weighted by Crippen LogP contribution is 2.38. The zero-order chi connectivity index (χ0) is 14.6. The van der Waals surface area contributed by atoms with Gasteiger partial charge >= 0.3 is 0 Å². The van der Waals surface area contributed by atoms with Gasteiger partial charge in [-0.25, -0.2) is 0 Å². The lowest BCUT2D eigenvalue weighted by Crippen LogP contribution is -2.47. The van der Waals surface area contributed by atoms with Gasteiger partial charge in [-0.2, -0.15) is 0 Å². The van der Waals surface area contributed by atoms with Crippen LogP contribution in [-0.2, 0) is 6.54 Å². The van der Waals surface area contributed by atoms with Crippen LogP contribution in [0.4, 0.5) is 0 Å². The molecule has 1 N–H and O–H groups in total. The summed E-state index contributed by atoms with van der Waals surface area (Å²) in [4.78, 5) is 3.99. The van der Waals surface area contributed by atoms with Gasteiger partial charge in [0.2, 0.25) is 0 Å². The Balaban J connectivity index is 1.91. The van der Waals surface area contributed by atoms with E-state index in [2.05, 4.69) is 55.5 Å². The third-order valence-electron chi connectivity index (χ3n) is 4.27. The molecule has 0 amide bonds. The van der Waals surface area contributed by atoms with E-state index in [9.17, 15) is 0 Å². The van der Waals surface area contributed by atoms with E-state index in [1.807, 2.05) is 11.3 Å². The third-order valence-corrected chi connectivity index (χ3v) is 5.13. The van der Waals surface area contributed by atoms with Crippen molar-refractivity contribution in [3.63, 3.8) is 0 Å². The van der Waals surface area contributed by atoms with Crippen molar-refractivity contribution in [2.24, 2.45) is 5.41 Å². The molecule has 114 valence electrons. The topological polar surface area (TPSA) is 15.3 Å². The van der Waals surface area contributed by atoms with Gasteiger partial charge in [-0.15, -0.1) is 11.3 Å². The minimum atomic E-state index is 0.224. The number of hydrogen-bond acceptors (Lipinski definition) is 3. The van der Waals surface area contributed by atoms with Gasteiger partial charge in [0.25, 0.3) is 0 Å². The van der Waals surface area contributed by atoms with Gasteiger partial charge < -0.3 is 10.2 Å².